The van der Waals surface area contributed by atoms with Crippen molar-refractivity contribution in [2.24, 2.45) is 5.73 Å². The standard InChI is InChI=1S/C14H17ClN2O3/c15-9-5-4-6-10(11(9)12(18)19)17-13(20)14(16)7-2-1-3-8-14/h4-6H,1-3,7-8,16H2,(H,17,20)(H,18,19). The summed E-state index contributed by atoms with van der Waals surface area (Å²) in [6.07, 6.45) is 4.11. The van der Waals surface area contributed by atoms with Gasteiger partial charge in [-0.1, -0.05) is 36.9 Å². The summed E-state index contributed by atoms with van der Waals surface area (Å²) in [6, 6.07) is 4.58. The summed E-state index contributed by atoms with van der Waals surface area (Å²) in [4.78, 5) is 23.5. The van der Waals surface area contributed by atoms with Crippen LogP contribution in [0.4, 0.5) is 5.69 Å². The topological polar surface area (TPSA) is 92.4 Å². The Kier molecular flexibility index (Phi) is 4.30. The molecule has 1 saturated carbocycles. The number of anilines is 1. The first-order chi connectivity index (χ1) is 9.44. The van der Waals surface area contributed by atoms with E-state index in [4.69, 9.17) is 22.4 Å². The van der Waals surface area contributed by atoms with Crippen molar-refractivity contribution < 1.29 is 14.7 Å². The Labute approximate surface area is 122 Å². The number of hydrogen-bond donors (Lipinski definition) is 3. The van der Waals surface area contributed by atoms with E-state index in [1.54, 1.807) is 6.07 Å². The molecule has 108 valence electrons. The molecule has 1 aromatic rings. The van der Waals surface area contributed by atoms with E-state index in [1.807, 2.05) is 0 Å². The highest BCUT2D eigenvalue weighted by atomic mass is 35.5. The molecule has 0 aliphatic heterocycles. The molecular formula is C14H17ClN2O3. The molecule has 2 rings (SSSR count). The molecule has 20 heavy (non-hydrogen) atoms. The number of amides is 1. The predicted octanol–water partition coefficient (Wildman–Crippen LogP) is 2.64. The first kappa shape index (κ1) is 14.8. The highest BCUT2D eigenvalue weighted by molar-refractivity contribution is 6.34. The zero-order valence-electron chi connectivity index (χ0n) is 11.0. The second-order valence-corrected chi connectivity index (χ2v) is 5.55. The number of nitrogens with one attached hydrogen (secondary N) is 1. The summed E-state index contributed by atoms with van der Waals surface area (Å²) in [5.74, 6) is -1.53. The minimum absolute atomic E-state index is 0.0880. The molecule has 0 heterocycles. The Morgan fingerprint density at radius 3 is 2.50 bits per heavy atom. The van der Waals surface area contributed by atoms with Crippen LogP contribution >= 0.6 is 11.6 Å². The van der Waals surface area contributed by atoms with Gasteiger partial charge in [-0.3, -0.25) is 4.79 Å². The van der Waals surface area contributed by atoms with Crippen LogP contribution in [-0.2, 0) is 4.79 Å². The van der Waals surface area contributed by atoms with Gasteiger partial charge in [-0.2, -0.15) is 0 Å². The van der Waals surface area contributed by atoms with Crippen LogP contribution in [0.2, 0.25) is 5.02 Å². The molecule has 4 N–H and O–H groups in total. The van der Waals surface area contributed by atoms with Gasteiger partial charge in [0.05, 0.1) is 16.2 Å². The molecule has 0 saturated heterocycles. The minimum atomic E-state index is -1.18. The zero-order chi connectivity index (χ0) is 14.8. The molecule has 1 aliphatic rings. The summed E-state index contributed by atoms with van der Waals surface area (Å²) in [6.45, 7) is 0. The van der Waals surface area contributed by atoms with Crippen molar-refractivity contribution >= 4 is 29.2 Å². The molecule has 0 atom stereocenters. The molecule has 0 unspecified atom stereocenters. The molecule has 1 fully saturated rings. The second kappa shape index (κ2) is 5.81. The summed E-state index contributed by atoms with van der Waals surface area (Å²) in [7, 11) is 0. The van der Waals surface area contributed by atoms with Crippen molar-refractivity contribution in [1.82, 2.24) is 0 Å². The molecular weight excluding hydrogens is 280 g/mol. The number of aromatic carboxylic acids is 1. The van der Waals surface area contributed by atoms with E-state index in [9.17, 15) is 9.59 Å². The SMILES string of the molecule is NC1(C(=O)Nc2cccc(Cl)c2C(=O)O)CCCCC1. The Hall–Kier alpha value is -1.59. The van der Waals surface area contributed by atoms with E-state index in [-0.39, 0.29) is 22.2 Å². The van der Waals surface area contributed by atoms with Gasteiger partial charge in [0, 0.05) is 0 Å². The zero-order valence-corrected chi connectivity index (χ0v) is 11.7. The molecule has 1 aliphatic carbocycles. The highest BCUT2D eigenvalue weighted by Crippen LogP contribution is 2.29. The van der Waals surface area contributed by atoms with Crippen molar-refractivity contribution in [2.45, 2.75) is 37.6 Å². The first-order valence-electron chi connectivity index (χ1n) is 6.56. The van der Waals surface area contributed by atoms with Gasteiger partial charge in [0.1, 0.15) is 5.56 Å². The average Bonchev–Trinajstić information content (AvgIpc) is 2.39. The maximum atomic E-state index is 12.3. The van der Waals surface area contributed by atoms with Crippen molar-refractivity contribution in [3.05, 3.63) is 28.8 Å². The van der Waals surface area contributed by atoms with E-state index in [1.165, 1.54) is 12.1 Å². The number of nitrogens with two attached hydrogens (primary N) is 1. The van der Waals surface area contributed by atoms with Crippen molar-refractivity contribution in [3.8, 4) is 0 Å². The monoisotopic (exact) mass is 296 g/mol. The molecule has 6 heteroatoms. The minimum Gasteiger partial charge on any atom is -0.478 e. The smallest absolute Gasteiger partial charge is 0.339 e. The summed E-state index contributed by atoms with van der Waals surface area (Å²) in [5.41, 5.74) is 5.28. The molecule has 0 bridgehead atoms. The number of benzene rings is 1. The van der Waals surface area contributed by atoms with Gasteiger partial charge in [0.2, 0.25) is 5.91 Å². The fraction of sp³-hybridized carbons (Fsp3) is 0.429. The predicted molar refractivity (Wildman–Crippen MR) is 77.0 cm³/mol. The third kappa shape index (κ3) is 2.94. The van der Waals surface area contributed by atoms with Crippen molar-refractivity contribution in [2.75, 3.05) is 5.32 Å². The maximum Gasteiger partial charge on any atom is 0.339 e. The number of rotatable bonds is 3. The summed E-state index contributed by atoms with van der Waals surface area (Å²) in [5, 5.41) is 11.9. The quantitative estimate of drug-likeness (QED) is 0.799. The third-order valence-electron chi connectivity index (χ3n) is 3.67. The van der Waals surface area contributed by atoms with Gasteiger partial charge >= 0.3 is 5.97 Å². The fourth-order valence-corrected chi connectivity index (χ4v) is 2.76. The number of carbonyl (C=O) groups excluding carboxylic acids is 1. The van der Waals surface area contributed by atoms with Gasteiger partial charge in [-0.25, -0.2) is 4.79 Å². The largest absolute Gasteiger partial charge is 0.478 e. The lowest BCUT2D eigenvalue weighted by atomic mass is 9.82. The lowest BCUT2D eigenvalue weighted by molar-refractivity contribution is -0.122. The molecule has 5 nitrogen and oxygen atoms in total. The fourth-order valence-electron chi connectivity index (χ4n) is 2.50. The molecule has 1 amide bonds. The van der Waals surface area contributed by atoms with Crippen LogP contribution in [0.1, 0.15) is 42.5 Å². The van der Waals surface area contributed by atoms with Crippen LogP contribution in [0.15, 0.2) is 18.2 Å². The Morgan fingerprint density at radius 1 is 1.25 bits per heavy atom. The van der Waals surface area contributed by atoms with Gasteiger partial charge in [-0.15, -0.1) is 0 Å². The van der Waals surface area contributed by atoms with Crippen LogP contribution in [0.5, 0.6) is 0 Å². The lowest BCUT2D eigenvalue weighted by Crippen LogP contribution is -2.52. The van der Waals surface area contributed by atoms with Gasteiger partial charge in [0.25, 0.3) is 0 Å². The van der Waals surface area contributed by atoms with E-state index in [0.29, 0.717) is 12.8 Å². The van der Waals surface area contributed by atoms with Crippen LogP contribution < -0.4 is 11.1 Å². The van der Waals surface area contributed by atoms with E-state index in [2.05, 4.69) is 5.32 Å². The van der Waals surface area contributed by atoms with Crippen molar-refractivity contribution in [1.29, 1.82) is 0 Å². The highest BCUT2D eigenvalue weighted by Gasteiger charge is 2.35. The van der Waals surface area contributed by atoms with Gasteiger partial charge in [-0.05, 0) is 25.0 Å². The molecule has 0 radical (unpaired) electrons. The Balaban J connectivity index is 2.24. The Morgan fingerprint density at radius 2 is 1.90 bits per heavy atom. The Bertz CT molecular complexity index is 539. The normalized spacial score (nSPS) is 17.5. The van der Waals surface area contributed by atoms with Crippen molar-refractivity contribution in [3.63, 3.8) is 0 Å². The van der Waals surface area contributed by atoms with Crippen LogP contribution in [-0.4, -0.2) is 22.5 Å². The third-order valence-corrected chi connectivity index (χ3v) is 3.99. The number of carbonyl (C=O) groups is 2. The number of carboxylic acid groups (broad SMARTS) is 1. The molecule has 0 aromatic heterocycles. The van der Waals surface area contributed by atoms with Gasteiger partial charge in [0.15, 0.2) is 0 Å². The molecule has 0 spiro atoms. The number of halogens is 1. The number of carboxylic acids is 1. The first-order valence-corrected chi connectivity index (χ1v) is 6.94. The van der Waals surface area contributed by atoms with E-state index in [0.717, 1.165) is 19.3 Å². The van der Waals surface area contributed by atoms with E-state index >= 15 is 0 Å². The summed E-state index contributed by atoms with van der Waals surface area (Å²) >= 11 is 5.86. The molecule has 1 aromatic carbocycles. The van der Waals surface area contributed by atoms with Crippen LogP contribution in [0.3, 0.4) is 0 Å². The number of hydrogen-bond acceptors (Lipinski definition) is 3. The maximum absolute atomic E-state index is 12.3. The van der Waals surface area contributed by atoms with E-state index < -0.39 is 11.5 Å². The summed E-state index contributed by atoms with van der Waals surface area (Å²) < 4.78 is 0. The second-order valence-electron chi connectivity index (χ2n) is 5.14. The average molecular weight is 297 g/mol. The van der Waals surface area contributed by atoms with Crippen LogP contribution in [0, 0.1) is 0 Å². The van der Waals surface area contributed by atoms with Crippen LogP contribution in [0.25, 0.3) is 0 Å². The van der Waals surface area contributed by atoms with Gasteiger partial charge < -0.3 is 16.2 Å². The lowest BCUT2D eigenvalue weighted by Gasteiger charge is -2.32.